The molecule has 4 nitrogen and oxygen atoms in total. The van der Waals surface area contributed by atoms with Gasteiger partial charge in [-0.05, 0) is 35.4 Å². The summed E-state index contributed by atoms with van der Waals surface area (Å²) in [5, 5.41) is 10.3. The van der Waals surface area contributed by atoms with Gasteiger partial charge in [-0.25, -0.2) is 5.06 Å². The first kappa shape index (κ1) is 15.4. The van der Waals surface area contributed by atoms with Gasteiger partial charge < -0.3 is 4.74 Å². The van der Waals surface area contributed by atoms with E-state index in [4.69, 9.17) is 21.5 Å². The van der Waals surface area contributed by atoms with Crippen molar-refractivity contribution >= 4 is 17.5 Å². The number of halogens is 1. The standard InChI is InChI=1S/C16H16ClNO3/c1-18(20)16(19)10-12-5-7-15(8-6-12)21-11-13-3-2-4-14(17)9-13/h2-9,20H,10-11H2,1H3. The van der Waals surface area contributed by atoms with Gasteiger partial charge in [0.05, 0.1) is 6.42 Å². The van der Waals surface area contributed by atoms with Crippen LogP contribution in [0.25, 0.3) is 0 Å². The first-order valence-electron chi connectivity index (χ1n) is 6.46. The third-order valence-electron chi connectivity index (χ3n) is 2.93. The summed E-state index contributed by atoms with van der Waals surface area (Å²) in [6, 6.07) is 14.7. The molecule has 2 rings (SSSR count). The molecule has 0 saturated heterocycles. The molecule has 5 heteroatoms. The lowest BCUT2D eigenvalue weighted by Crippen LogP contribution is -2.24. The zero-order valence-electron chi connectivity index (χ0n) is 11.6. The number of hydroxylamine groups is 2. The second-order valence-electron chi connectivity index (χ2n) is 4.66. The highest BCUT2D eigenvalue weighted by molar-refractivity contribution is 6.30. The first-order valence-corrected chi connectivity index (χ1v) is 6.84. The molecule has 0 unspecified atom stereocenters. The number of likely N-dealkylation sites (N-methyl/N-ethyl adjacent to an activating group) is 1. The lowest BCUT2D eigenvalue weighted by atomic mass is 10.1. The van der Waals surface area contributed by atoms with Crippen molar-refractivity contribution in [3.8, 4) is 5.75 Å². The van der Waals surface area contributed by atoms with Crippen LogP contribution in [0, 0.1) is 0 Å². The maximum absolute atomic E-state index is 11.4. The van der Waals surface area contributed by atoms with Gasteiger partial charge in [0.15, 0.2) is 0 Å². The van der Waals surface area contributed by atoms with Crippen LogP contribution < -0.4 is 4.74 Å². The largest absolute Gasteiger partial charge is 0.489 e. The Hall–Kier alpha value is -2.04. The lowest BCUT2D eigenvalue weighted by molar-refractivity contribution is -0.158. The number of carbonyl (C=O) groups excluding carboxylic acids is 1. The molecule has 0 bridgehead atoms. The van der Waals surface area contributed by atoms with Crippen molar-refractivity contribution in [3.05, 3.63) is 64.7 Å². The summed E-state index contributed by atoms with van der Waals surface area (Å²) < 4.78 is 5.65. The second-order valence-corrected chi connectivity index (χ2v) is 5.09. The summed E-state index contributed by atoms with van der Waals surface area (Å²) in [5.41, 5.74) is 1.81. The Morgan fingerprint density at radius 3 is 2.52 bits per heavy atom. The van der Waals surface area contributed by atoms with Gasteiger partial charge in [0.25, 0.3) is 0 Å². The summed E-state index contributed by atoms with van der Waals surface area (Å²) in [4.78, 5) is 11.4. The van der Waals surface area contributed by atoms with Gasteiger partial charge in [-0.15, -0.1) is 0 Å². The van der Waals surface area contributed by atoms with Crippen LogP contribution in [-0.2, 0) is 17.8 Å². The van der Waals surface area contributed by atoms with E-state index < -0.39 is 0 Å². The van der Waals surface area contributed by atoms with E-state index in [1.54, 1.807) is 24.3 Å². The number of benzene rings is 2. The molecular formula is C16H16ClNO3. The fourth-order valence-electron chi connectivity index (χ4n) is 1.79. The molecule has 110 valence electrons. The maximum Gasteiger partial charge on any atom is 0.250 e. The molecule has 0 radical (unpaired) electrons. The van der Waals surface area contributed by atoms with Crippen molar-refractivity contribution in [2.24, 2.45) is 0 Å². The van der Waals surface area contributed by atoms with E-state index >= 15 is 0 Å². The highest BCUT2D eigenvalue weighted by atomic mass is 35.5. The van der Waals surface area contributed by atoms with E-state index in [2.05, 4.69) is 0 Å². The number of amides is 1. The van der Waals surface area contributed by atoms with Crippen molar-refractivity contribution in [1.82, 2.24) is 5.06 Å². The minimum Gasteiger partial charge on any atom is -0.489 e. The smallest absolute Gasteiger partial charge is 0.250 e. The van der Waals surface area contributed by atoms with Crippen molar-refractivity contribution in [3.63, 3.8) is 0 Å². The predicted octanol–water partition coefficient (Wildman–Crippen LogP) is 3.31. The molecular weight excluding hydrogens is 290 g/mol. The molecule has 0 aliphatic carbocycles. The molecule has 0 spiro atoms. The fourth-order valence-corrected chi connectivity index (χ4v) is 2.00. The van der Waals surface area contributed by atoms with E-state index in [-0.39, 0.29) is 12.3 Å². The zero-order valence-corrected chi connectivity index (χ0v) is 12.4. The summed E-state index contributed by atoms with van der Waals surface area (Å²) in [7, 11) is 1.31. The van der Waals surface area contributed by atoms with Crippen LogP contribution >= 0.6 is 11.6 Å². The average molecular weight is 306 g/mol. The van der Waals surface area contributed by atoms with Gasteiger partial charge >= 0.3 is 0 Å². The third kappa shape index (κ3) is 4.77. The number of hydrogen-bond acceptors (Lipinski definition) is 3. The Kier molecular flexibility index (Phi) is 5.20. The SMILES string of the molecule is CN(O)C(=O)Cc1ccc(OCc2cccc(Cl)c2)cc1. The van der Waals surface area contributed by atoms with E-state index in [0.717, 1.165) is 11.1 Å². The van der Waals surface area contributed by atoms with Gasteiger partial charge in [-0.3, -0.25) is 10.0 Å². The Bertz CT molecular complexity index is 611. The van der Waals surface area contributed by atoms with Gasteiger partial charge in [0, 0.05) is 12.1 Å². The van der Waals surface area contributed by atoms with Crippen LogP contribution in [0.2, 0.25) is 5.02 Å². The number of rotatable bonds is 5. The van der Waals surface area contributed by atoms with Crippen LogP contribution in [-0.4, -0.2) is 23.2 Å². The van der Waals surface area contributed by atoms with E-state index in [9.17, 15) is 4.79 Å². The van der Waals surface area contributed by atoms with Crippen molar-refractivity contribution in [2.45, 2.75) is 13.0 Å². The predicted molar refractivity (Wildman–Crippen MR) is 80.5 cm³/mol. The Morgan fingerprint density at radius 1 is 1.19 bits per heavy atom. The highest BCUT2D eigenvalue weighted by Crippen LogP contribution is 2.16. The molecule has 0 aliphatic heterocycles. The van der Waals surface area contributed by atoms with Crippen LogP contribution in [0.3, 0.4) is 0 Å². The van der Waals surface area contributed by atoms with Gasteiger partial charge in [0.2, 0.25) is 5.91 Å². The van der Waals surface area contributed by atoms with Crippen molar-refractivity contribution in [2.75, 3.05) is 7.05 Å². The molecule has 1 amide bonds. The van der Waals surface area contributed by atoms with E-state index in [1.807, 2.05) is 24.3 Å². The molecule has 1 N–H and O–H groups in total. The Morgan fingerprint density at radius 2 is 1.90 bits per heavy atom. The Labute approximate surface area is 128 Å². The van der Waals surface area contributed by atoms with E-state index in [1.165, 1.54) is 7.05 Å². The summed E-state index contributed by atoms with van der Waals surface area (Å²) in [5.74, 6) is 0.353. The molecule has 0 aromatic heterocycles. The number of hydrogen-bond donors (Lipinski definition) is 1. The minimum atomic E-state index is -0.359. The minimum absolute atomic E-state index is 0.154. The average Bonchev–Trinajstić information content (AvgIpc) is 2.46. The van der Waals surface area contributed by atoms with Crippen molar-refractivity contribution < 1.29 is 14.7 Å². The number of carbonyl (C=O) groups is 1. The molecule has 21 heavy (non-hydrogen) atoms. The van der Waals surface area contributed by atoms with Gasteiger partial charge in [-0.1, -0.05) is 35.9 Å². The third-order valence-corrected chi connectivity index (χ3v) is 3.17. The normalized spacial score (nSPS) is 10.2. The maximum atomic E-state index is 11.4. The first-order chi connectivity index (χ1) is 10.0. The lowest BCUT2D eigenvalue weighted by Gasteiger charge is -2.09. The molecule has 2 aromatic carbocycles. The topological polar surface area (TPSA) is 49.8 Å². The van der Waals surface area contributed by atoms with Gasteiger partial charge in [0.1, 0.15) is 12.4 Å². The number of ether oxygens (including phenoxy) is 1. The molecule has 0 aliphatic rings. The summed E-state index contributed by atoms with van der Waals surface area (Å²) in [6.07, 6.45) is 0.154. The monoisotopic (exact) mass is 305 g/mol. The highest BCUT2D eigenvalue weighted by Gasteiger charge is 2.07. The number of nitrogens with zero attached hydrogens (tertiary/aromatic N) is 1. The molecule has 0 atom stereocenters. The molecule has 0 saturated carbocycles. The van der Waals surface area contributed by atoms with Crippen LogP contribution in [0.5, 0.6) is 5.75 Å². The van der Waals surface area contributed by atoms with Crippen LogP contribution in [0.4, 0.5) is 0 Å². The molecule has 0 heterocycles. The van der Waals surface area contributed by atoms with Crippen molar-refractivity contribution in [1.29, 1.82) is 0 Å². The fraction of sp³-hybridized carbons (Fsp3) is 0.188. The van der Waals surface area contributed by atoms with E-state index in [0.29, 0.717) is 22.4 Å². The zero-order chi connectivity index (χ0) is 15.2. The molecule has 0 fully saturated rings. The van der Waals surface area contributed by atoms with Crippen LogP contribution in [0.15, 0.2) is 48.5 Å². The Balaban J connectivity index is 1.92. The van der Waals surface area contributed by atoms with Crippen LogP contribution in [0.1, 0.15) is 11.1 Å². The summed E-state index contributed by atoms with van der Waals surface area (Å²) in [6.45, 7) is 0.429. The second kappa shape index (κ2) is 7.11. The van der Waals surface area contributed by atoms with Gasteiger partial charge in [-0.2, -0.15) is 0 Å². The quantitative estimate of drug-likeness (QED) is 0.681. The summed E-state index contributed by atoms with van der Waals surface area (Å²) >= 11 is 5.91. The molecule has 2 aromatic rings.